The smallest absolute Gasteiger partial charge is 0.140 e. The van der Waals surface area contributed by atoms with Gasteiger partial charge in [0, 0.05) is 11.1 Å². The first-order chi connectivity index (χ1) is 7.65. The van der Waals surface area contributed by atoms with E-state index in [1.54, 1.807) is 17.5 Å². The number of nitrogens with zero attached hydrogens (tertiary/aromatic N) is 2. The first-order valence-electron chi connectivity index (χ1n) is 4.71. The summed E-state index contributed by atoms with van der Waals surface area (Å²) in [4.78, 5) is 9.58. The molecule has 2 heterocycles. The molecule has 0 aliphatic heterocycles. The number of hydrogen-bond donors (Lipinski definition) is 2. The number of rotatable bonds is 3. The van der Waals surface area contributed by atoms with Gasteiger partial charge in [-0.05, 0) is 28.9 Å². The number of aryl methyl sites for hydroxylation is 1. The summed E-state index contributed by atoms with van der Waals surface area (Å²) in [6.45, 7) is 2.71. The highest BCUT2D eigenvalue weighted by Crippen LogP contribution is 2.23. The lowest BCUT2D eigenvalue weighted by Gasteiger charge is -2.06. The number of pyridine rings is 1. The van der Waals surface area contributed by atoms with Crippen LogP contribution in [-0.4, -0.2) is 9.97 Å². The molecule has 16 heavy (non-hydrogen) atoms. The quantitative estimate of drug-likeness (QED) is 0.914. The fourth-order valence-electron chi connectivity index (χ4n) is 1.24. The number of aromatic nitrogens is 2. The molecule has 0 amide bonds. The molecule has 0 bridgehead atoms. The molecule has 2 aromatic rings. The van der Waals surface area contributed by atoms with Crippen molar-refractivity contribution in [1.29, 1.82) is 0 Å². The SMILES string of the molecule is Cc1ncc(CNc2ncc(N)cc2Br)s1. The Hall–Kier alpha value is -1.14. The molecule has 6 heteroatoms. The van der Waals surface area contributed by atoms with Gasteiger partial charge in [-0.15, -0.1) is 11.3 Å². The largest absolute Gasteiger partial charge is 0.397 e. The van der Waals surface area contributed by atoms with Crippen LogP contribution in [0.25, 0.3) is 0 Å². The predicted octanol–water partition coefficient (Wildman–Crippen LogP) is 2.80. The molecule has 2 aromatic heterocycles. The van der Waals surface area contributed by atoms with Crippen LogP contribution in [0, 0.1) is 6.92 Å². The Labute approximate surface area is 106 Å². The number of anilines is 2. The van der Waals surface area contributed by atoms with Gasteiger partial charge in [-0.2, -0.15) is 0 Å². The second-order valence-electron chi connectivity index (χ2n) is 3.30. The maximum atomic E-state index is 5.61. The molecule has 0 aliphatic rings. The van der Waals surface area contributed by atoms with E-state index in [1.165, 1.54) is 4.88 Å². The van der Waals surface area contributed by atoms with E-state index in [4.69, 9.17) is 5.73 Å². The Balaban J connectivity index is 2.04. The van der Waals surface area contributed by atoms with Crippen molar-refractivity contribution in [2.75, 3.05) is 11.1 Å². The molecule has 0 radical (unpaired) electrons. The van der Waals surface area contributed by atoms with Gasteiger partial charge >= 0.3 is 0 Å². The topological polar surface area (TPSA) is 63.8 Å². The van der Waals surface area contributed by atoms with Gasteiger partial charge in [-0.1, -0.05) is 0 Å². The van der Waals surface area contributed by atoms with Crippen LogP contribution >= 0.6 is 27.3 Å². The molecule has 3 N–H and O–H groups in total. The number of nitrogens with two attached hydrogens (primary N) is 1. The molecule has 2 rings (SSSR count). The van der Waals surface area contributed by atoms with Crippen molar-refractivity contribution in [2.45, 2.75) is 13.5 Å². The summed E-state index contributed by atoms with van der Waals surface area (Å²) in [7, 11) is 0. The summed E-state index contributed by atoms with van der Waals surface area (Å²) in [6.07, 6.45) is 3.50. The minimum Gasteiger partial charge on any atom is -0.397 e. The molecule has 0 aliphatic carbocycles. The Bertz CT molecular complexity index is 497. The van der Waals surface area contributed by atoms with E-state index in [9.17, 15) is 0 Å². The zero-order chi connectivity index (χ0) is 11.5. The van der Waals surface area contributed by atoms with Crippen LogP contribution in [0.2, 0.25) is 0 Å². The molecule has 4 nitrogen and oxygen atoms in total. The van der Waals surface area contributed by atoms with Crippen molar-refractivity contribution in [2.24, 2.45) is 0 Å². The van der Waals surface area contributed by atoms with Crippen molar-refractivity contribution in [3.8, 4) is 0 Å². The second-order valence-corrected chi connectivity index (χ2v) is 5.47. The fourth-order valence-corrected chi connectivity index (χ4v) is 2.48. The third-order valence-corrected chi connectivity index (χ3v) is 3.48. The number of thiazole rings is 1. The summed E-state index contributed by atoms with van der Waals surface area (Å²) in [5, 5.41) is 4.30. The molecule has 0 saturated heterocycles. The van der Waals surface area contributed by atoms with Gasteiger partial charge in [0.1, 0.15) is 5.82 Å². The summed E-state index contributed by atoms with van der Waals surface area (Å²) in [5.74, 6) is 0.792. The summed E-state index contributed by atoms with van der Waals surface area (Å²) >= 11 is 5.08. The highest BCUT2D eigenvalue weighted by atomic mass is 79.9. The normalized spacial score (nSPS) is 10.4. The molecule has 0 atom stereocenters. The first-order valence-corrected chi connectivity index (χ1v) is 6.32. The molecule has 0 aromatic carbocycles. The third kappa shape index (κ3) is 2.70. The Morgan fingerprint density at radius 1 is 1.44 bits per heavy atom. The van der Waals surface area contributed by atoms with Crippen LogP contribution in [0.3, 0.4) is 0 Å². The summed E-state index contributed by atoms with van der Waals surface area (Å²) in [6, 6.07) is 1.83. The average molecular weight is 299 g/mol. The highest BCUT2D eigenvalue weighted by Gasteiger charge is 2.03. The van der Waals surface area contributed by atoms with E-state index in [0.29, 0.717) is 5.69 Å². The zero-order valence-electron chi connectivity index (χ0n) is 8.70. The van der Waals surface area contributed by atoms with E-state index in [1.807, 2.05) is 19.2 Å². The van der Waals surface area contributed by atoms with E-state index in [2.05, 4.69) is 31.2 Å². The number of hydrogen-bond acceptors (Lipinski definition) is 5. The third-order valence-electron chi connectivity index (χ3n) is 1.96. The van der Waals surface area contributed by atoms with Crippen molar-refractivity contribution < 1.29 is 0 Å². The van der Waals surface area contributed by atoms with Crippen LogP contribution < -0.4 is 11.1 Å². The van der Waals surface area contributed by atoms with Crippen molar-refractivity contribution in [3.63, 3.8) is 0 Å². The van der Waals surface area contributed by atoms with E-state index in [-0.39, 0.29) is 0 Å². The van der Waals surface area contributed by atoms with E-state index >= 15 is 0 Å². The first kappa shape index (κ1) is 11.3. The van der Waals surface area contributed by atoms with Gasteiger partial charge in [0.15, 0.2) is 0 Å². The second kappa shape index (κ2) is 4.80. The summed E-state index contributed by atoms with van der Waals surface area (Å²) < 4.78 is 0.869. The van der Waals surface area contributed by atoms with E-state index in [0.717, 1.165) is 21.8 Å². The molecule has 0 spiro atoms. The van der Waals surface area contributed by atoms with Crippen LogP contribution in [-0.2, 0) is 6.54 Å². The van der Waals surface area contributed by atoms with Gasteiger partial charge in [-0.25, -0.2) is 9.97 Å². The van der Waals surface area contributed by atoms with Crippen LogP contribution in [0.5, 0.6) is 0 Å². The minimum absolute atomic E-state index is 0.644. The molecular weight excluding hydrogens is 288 g/mol. The molecule has 0 saturated carbocycles. The van der Waals surface area contributed by atoms with Crippen molar-refractivity contribution in [1.82, 2.24) is 9.97 Å². The molecular formula is C10H11BrN4S. The minimum atomic E-state index is 0.644. The van der Waals surface area contributed by atoms with Gasteiger partial charge in [0.25, 0.3) is 0 Å². The lowest BCUT2D eigenvalue weighted by Crippen LogP contribution is -2.01. The zero-order valence-corrected chi connectivity index (χ0v) is 11.1. The van der Waals surface area contributed by atoms with Crippen molar-refractivity contribution >= 4 is 38.8 Å². The number of nitrogen functional groups attached to an aromatic ring is 1. The van der Waals surface area contributed by atoms with Crippen LogP contribution in [0.4, 0.5) is 11.5 Å². The Morgan fingerprint density at radius 3 is 2.88 bits per heavy atom. The highest BCUT2D eigenvalue weighted by molar-refractivity contribution is 9.10. The number of halogens is 1. The maximum absolute atomic E-state index is 5.61. The van der Waals surface area contributed by atoms with Gasteiger partial charge in [-0.3, -0.25) is 0 Å². The average Bonchev–Trinajstić information content (AvgIpc) is 2.63. The lowest BCUT2D eigenvalue weighted by molar-refractivity contribution is 1.12. The monoisotopic (exact) mass is 298 g/mol. The van der Waals surface area contributed by atoms with Crippen molar-refractivity contribution in [3.05, 3.63) is 32.8 Å². The predicted molar refractivity (Wildman–Crippen MR) is 70.5 cm³/mol. The standard InChI is InChI=1S/C10H11BrN4S/c1-6-13-4-8(16-6)5-15-10-9(11)2-7(12)3-14-10/h2-4H,5,12H2,1H3,(H,14,15). The fraction of sp³-hybridized carbons (Fsp3) is 0.200. The molecule has 0 fully saturated rings. The Kier molecular flexibility index (Phi) is 3.40. The maximum Gasteiger partial charge on any atom is 0.140 e. The van der Waals surface area contributed by atoms with Gasteiger partial charge in [0.2, 0.25) is 0 Å². The van der Waals surface area contributed by atoms with Gasteiger partial charge < -0.3 is 11.1 Å². The van der Waals surface area contributed by atoms with Gasteiger partial charge in [0.05, 0.1) is 27.9 Å². The van der Waals surface area contributed by atoms with Crippen LogP contribution in [0.1, 0.15) is 9.88 Å². The number of nitrogens with one attached hydrogen (secondary N) is 1. The molecule has 84 valence electrons. The Morgan fingerprint density at radius 2 is 2.25 bits per heavy atom. The lowest BCUT2D eigenvalue weighted by atomic mass is 10.4. The van der Waals surface area contributed by atoms with Crippen LogP contribution in [0.15, 0.2) is 22.9 Å². The van der Waals surface area contributed by atoms with E-state index < -0.39 is 0 Å². The molecule has 0 unspecified atom stereocenters. The summed E-state index contributed by atoms with van der Waals surface area (Å²) in [5.41, 5.74) is 6.25.